The molecule has 37 heavy (non-hydrogen) atoms. The SMILES string of the molecule is CC(CCc1ccc(C(=O)NCC(O)C(=O)O)cc1)COc1ccc(-c2ccc(C(C)(C)C)cc2)cc1. The Morgan fingerprint density at radius 2 is 1.46 bits per heavy atom. The largest absolute Gasteiger partial charge is 0.493 e. The van der Waals surface area contributed by atoms with Crippen molar-refractivity contribution in [3.05, 3.63) is 89.5 Å². The van der Waals surface area contributed by atoms with Gasteiger partial charge in [-0.3, -0.25) is 4.79 Å². The number of amides is 1. The number of benzene rings is 3. The number of hydrogen-bond acceptors (Lipinski definition) is 4. The molecule has 0 aliphatic carbocycles. The molecule has 3 rings (SSSR count). The number of carboxylic acid groups (broad SMARTS) is 1. The van der Waals surface area contributed by atoms with Crippen molar-refractivity contribution in [3.8, 4) is 16.9 Å². The summed E-state index contributed by atoms with van der Waals surface area (Å²) in [6.45, 7) is 9.09. The summed E-state index contributed by atoms with van der Waals surface area (Å²) in [7, 11) is 0. The molecular weight excluding hydrogens is 466 g/mol. The third-order valence-electron chi connectivity index (χ3n) is 6.36. The van der Waals surface area contributed by atoms with Gasteiger partial charge in [-0.05, 0) is 70.7 Å². The second-order valence-electron chi connectivity index (χ2n) is 10.6. The van der Waals surface area contributed by atoms with Crippen molar-refractivity contribution >= 4 is 11.9 Å². The summed E-state index contributed by atoms with van der Waals surface area (Å²) in [5.74, 6) is -0.579. The molecular formula is C31H37NO5. The number of aliphatic hydroxyl groups is 1. The highest BCUT2D eigenvalue weighted by Crippen LogP contribution is 2.27. The van der Waals surface area contributed by atoms with E-state index in [2.05, 4.69) is 69.4 Å². The molecule has 3 aromatic rings. The average Bonchev–Trinajstić information content (AvgIpc) is 2.89. The van der Waals surface area contributed by atoms with Gasteiger partial charge in [-0.2, -0.15) is 0 Å². The molecule has 2 unspecified atom stereocenters. The summed E-state index contributed by atoms with van der Waals surface area (Å²) in [5, 5.41) is 20.4. The van der Waals surface area contributed by atoms with Crippen molar-refractivity contribution in [2.75, 3.05) is 13.2 Å². The Labute approximate surface area is 219 Å². The van der Waals surface area contributed by atoms with E-state index >= 15 is 0 Å². The lowest BCUT2D eigenvalue weighted by molar-refractivity contribution is -0.146. The normalized spacial score (nSPS) is 13.0. The van der Waals surface area contributed by atoms with E-state index in [0.717, 1.165) is 29.7 Å². The van der Waals surface area contributed by atoms with E-state index < -0.39 is 18.0 Å². The molecule has 0 saturated carbocycles. The van der Waals surface area contributed by atoms with Crippen molar-refractivity contribution in [1.29, 1.82) is 0 Å². The lowest BCUT2D eigenvalue weighted by atomic mass is 9.86. The summed E-state index contributed by atoms with van der Waals surface area (Å²) in [4.78, 5) is 22.7. The number of aryl methyl sites for hydroxylation is 1. The van der Waals surface area contributed by atoms with Crippen LogP contribution in [-0.4, -0.2) is 41.3 Å². The molecule has 6 heteroatoms. The predicted molar refractivity (Wildman–Crippen MR) is 146 cm³/mol. The van der Waals surface area contributed by atoms with Gasteiger partial charge in [0.25, 0.3) is 5.91 Å². The fraction of sp³-hybridized carbons (Fsp3) is 0.355. The van der Waals surface area contributed by atoms with Crippen LogP contribution in [0.3, 0.4) is 0 Å². The molecule has 0 fully saturated rings. The quantitative estimate of drug-likeness (QED) is 0.322. The van der Waals surface area contributed by atoms with Crippen LogP contribution in [0.25, 0.3) is 11.1 Å². The van der Waals surface area contributed by atoms with E-state index in [1.807, 2.05) is 24.3 Å². The molecule has 0 saturated heterocycles. The van der Waals surface area contributed by atoms with Gasteiger partial charge < -0.3 is 20.3 Å². The Bertz CT molecular complexity index is 1160. The number of carboxylic acids is 1. The van der Waals surface area contributed by atoms with Crippen molar-refractivity contribution in [3.63, 3.8) is 0 Å². The van der Waals surface area contributed by atoms with Gasteiger partial charge in [0, 0.05) is 5.56 Å². The Kier molecular flexibility index (Phi) is 9.48. The molecule has 196 valence electrons. The zero-order valence-corrected chi connectivity index (χ0v) is 22.0. The minimum absolute atomic E-state index is 0.142. The molecule has 3 aromatic carbocycles. The lowest BCUT2D eigenvalue weighted by Gasteiger charge is -2.19. The maximum absolute atomic E-state index is 12.1. The number of aliphatic carboxylic acids is 1. The second kappa shape index (κ2) is 12.5. The number of rotatable bonds is 11. The van der Waals surface area contributed by atoms with Crippen molar-refractivity contribution in [2.45, 2.75) is 52.1 Å². The maximum Gasteiger partial charge on any atom is 0.334 e. The van der Waals surface area contributed by atoms with Gasteiger partial charge in [0.1, 0.15) is 5.75 Å². The summed E-state index contributed by atoms with van der Waals surface area (Å²) in [6, 6.07) is 24.1. The molecule has 1 amide bonds. The Hall–Kier alpha value is -3.64. The van der Waals surface area contributed by atoms with E-state index in [9.17, 15) is 14.7 Å². The van der Waals surface area contributed by atoms with Crippen molar-refractivity contribution in [1.82, 2.24) is 5.32 Å². The van der Waals surface area contributed by atoms with E-state index in [0.29, 0.717) is 18.1 Å². The van der Waals surface area contributed by atoms with Gasteiger partial charge in [-0.15, -0.1) is 0 Å². The van der Waals surface area contributed by atoms with E-state index in [1.165, 1.54) is 11.1 Å². The van der Waals surface area contributed by atoms with E-state index in [4.69, 9.17) is 9.84 Å². The number of carbonyl (C=O) groups is 2. The summed E-state index contributed by atoms with van der Waals surface area (Å²) in [5.41, 5.74) is 5.34. The zero-order valence-electron chi connectivity index (χ0n) is 22.0. The Morgan fingerprint density at radius 1 is 0.892 bits per heavy atom. The molecule has 0 bridgehead atoms. The topological polar surface area (TPSA) is 95.9 Å². The van der Waals surface area contributed by atoms with Crippen LogP contribution < -0.4 is 10.1 Å². The molecule has 3 N–H and O–H groups in total. The van der Waals surface area contributed by atoms with Crippen molar-refractivity contribution < 1.29 is 24.5 Å². The maximum atomic E-state index is 12.1. The average molecular weight is 504 g/mol. The minimum atomic E-state index is -1.62. The first-order valence-electron chi connectivity index (χ1n) is 12.6. The molecule has 0 heterocycles. The first-order valence-corrected chi connectivity index (χ1v) is 12.6. The molecule has 0 aromatic heterocycles. The molecule has 6 nitrogen and oxygen atoms in total. The monoisotopic (exact) mass is 503 g/mol. The smallest absolute Gasteiger partial charge is 0.334 e. The Morgan fingerprint density at radius 3 is 2.00 bits per heavy atom. The van der Waals surface area contributed by atoms with Gasteiger partial charge in [0.2, 0.25) is 0 Å². The summed E-state index contributed by atoms with van der Waals surface area (Å²) < 4.78 is 6.01. The van der Waals surface area contributed by atoms with Crippen LogP contribution in [-0.2, 0) is 16.6 Å². The zero-order chi connectivity index (χ0) is 27.0. The molecule has 2 atom stereocenters. The fourth-order valence-corrected chi connectivity index (χ4v) is 3.84. The van der Waals surface area contributed by atoms with Crippen LogP contribution in [0.5, 0.6) is 5.75 Å². The number of aliphatic hydroxyl groups excluding tert-OH is 1. The molecule has 0 aliphatic heterocycles. The van der Waals surface area contributed by atoms with Crippen LogP contribution in [0.2, 0.25) is 0 Å². The van der Waals surface area contributed by atoms with Crippen LogP contribution in [0, 0.1) is 5.92 Å². The van der Waals surface area contributed by atoms with Crippen LogP contribution in [0.1, 0.15) is 55.6 Å². The number of nitrogens with one attached hydrogen (secondary N) is 1. The summed E-state index contributed by atoms with van der Waals surface area (Å²) in [6.07, 6.45) is 0.179. The Balaban J connectivity index is 1.43. The van der Waals surface area contributed by atoms with Gasteiger partial charge in [0.15, 0.2) is 6.10 Å². The third-order valence-corrected chi connectivity index (χ3v) is 6.36. The minimum Gasteiger partial charge on any atom is -0.493 e. The van der Waals surface area contributed by atoms with Gasteiger partial charge >= 0.3 is 5.97 Å². The van der Waals surface area contributed by atoms with E-state index in [1.54, 1.807) is 12.1 Å². The molecule has 0 aliphatic rings. The first kappa shape index (κ1) is 27.9. The van der Waals surface area contributed by atoms with Crippen LogP contribution in [0.4, 0.5) is 0 Å². The van der Waals surface area contributed by atoms with Crippen molar-refractivity contribution in [2.24, 2.45) is 5.92 Å². The number of carbonyl (C=O) groups excluding carboxylic acids is 1. The number of hydrogen-bond donors (Lipinski definition) is 3. The first-order chi connectivity index (χ1) is 17.5. The van der Waals surface area contributed by atoms with Gasteiger partial charge in [-0.1, -0.05) is 76.2 Å². The van der Waals surface area contributed by atoms with Crippen LogP contribution >= 0.6 is 0 Å². The second-order valence-corrected chi connectivity index (χ2v) is 10.6. The molecule has 0 radical (unpaired) electrons. The van der Waals surface area contributed by atoms with Gasteiger partial charge in [0.05, 0.1) is 13.2 Å². The highest BCUT2D eigenvalue weighted by Gasteiger charge is 2.15. The summed E-state index contributed by atoms with van der Waals surface area (Å²) >= 11 is 0. The fourth-order valence-electron chi connectivity index (χ4n) is 3.84. The van der Waals surface area contributed by atoms with E-state index in [-0.39, 0.29) is 12.0 Å². The third kappa shape index (κ3) is 8.46. The standard InChI is InChI=1S/C31H37NO5/c1-21(5-6-22-7-9-25(10-8-22)29(34)32-19-28(33)30(35)36)20-37-27-17-13-24(14-18-27)23-11-15-26(16-12-23)31(2,3)4/h7-18,21,28,33H,5-6,19-20H2,1-4H3,(H,32,34)(H,35,36). The predicted octanol–water partition coefficient (Wildman–Crippen LogP) is 5.47. The lowest BCUT2D eigenvalue weighted by Crippen LogP contribution is -2.36. The van der Waals surface area contributed by atoms with Crippen LogP contribution in [0.15, 0.2) is 72.8 Å². The molecule has 0 spiro atoms. The van der Waals surface area contributed by atoms with Gasteiger partial charge in [-0.25, -0.2) is 4.79 Å². The number of ether oxygens (including phenoxy) is 1. The highest BCUT2D eigenvalue weighted by molar-refractivity contribution is 5.94. The highest BCUT2D eigenvalue weighted by atomic mass is 16.5.